The van der Waals surface area contributed by atoms with Crippen LogP contribution in [-0.4, -0.2) is 58.5 Å². The summed E-state index contributed by atoms with van der Waals surface area (Å²) in [6, 6.07) is 7.35. The van der Waals surface area contributed by atoms with E-state index in [9.17, 15) is 9.59 Å². The van der Waals surface area contributed by atoms with Gasteiger partial charge in [0.2, 0.25) is 0 Å². The highest BCUT2D eigenvalue weighted by atomic mass is 16.2. The first-order valence-corrected chi connectivity index (χ1v) is 8.76. The molecular formula is C18H25N5O2. The Bertz CT molecular complexity index is 793. The van der Waals surface area contributed by atoms with Gasteiger partial charge in [-0.25, -0.2) is 9.78 Å². The zero-order valence-corrected chi connectivity index (χ0v) is 14.8. The Kier molecular flexibility index (Phi) is 5.33. The van der Waals surface area contributed by atoms with Crippen LogP contribution in [0.1, 0.15) is 19.7 Å². The number of H-pyrrole nitrogens is 1. The van der Waals surface area contributed by atoms with Gasteiger partial charge in [-0.15, -0.1) is 0 Å². The van der Waals surface area contributed by atoms with Gasteiger partial charge in [-0.1, -0.05) is 26.0 Å². The Hall–Kier alpha value is -2.41. The number of nitrogens with zero attached hydrogens (tertiary/aromatic N) is 3. The van der Waals surface area contributed by atoms with Crippen LogP contribution < -0.4 is 10.9 Å². The molecular weight excluding hydrogens is 318 g/mol. The van der Waals surface area contributed by atoms with E-state index in [1.807, 2.05) is 23.1 Å². The van der Waals surface area contributed by atoms with Crippen molar-refractivity contribution in [1.82, 2.24) is 25.1 Å². The number of benzene rings is 1. The lowest BCUT2D eigenvalue weighted by molar-refractivity contribution is 0.133. The molecule has 0 bridgehead atoms. The molecule has 3 rings (SSSR count). The Labute approximate surface area is 147 Å². The summed E-state index contributed by atoms with van der Waals surface area (Å²) in [4.78, 5) is 35.7. The van der Waals surface area contributed by atoms with Gasteiger partial charge in [0, 0.05) is 32.7 Å². The number of hydrogen-bond donors (Lipinski definition) is 2. The summed E-state index contributed by atoms with van der Waals surface area (Å²) in [5.41, 5.74) is 0.611. The van der Waals surface area contributed by atoms with Crippen LogP contribution in [0.4, 0.5) is 4.79 Å². The first kappa shape index (κ1) is 17.4. The number of nitrogens with one attached hydrogen (secondary N) is 2. The number of hydrogen-bond acceptors (Lipinski definition) is 4. The average Bonchev–Trinajstić information content (AvgIpc) is 2.60. The lowest BCUT2D eigenvalue weighted by atomic mass is 10.2. The molecule has 1 aliphatic rings. The molecule has 0 unspecified atom stereocenters. The summed E-state index contributed by atoms with van der Waals surface area (Å²) < 4.78 is 0. The van der Waals surface area contributed by atoms with Crippen molar-refractivity contribution in [3.63, 3.8) is 0 Å². The second-order valence-corrected chi connectivity index (χ2v) is 6.87. The first-order valence-electron chi connectivity index (χ1n) is 8.76. The normalized spacial score (nSPS) is 15.7. The summed E-state index contributed by atoms with van der Waals surface area (Å²) in [6.07, 6.45) is 0. The summed E-state index contributed by atoms with van der Waals surface area (Å²) in [5.74, 6) is 1.11. The Balaban J connectivity index is 1.57. The summed E-state index contributed by atoms with van der Waals surface area (Å²) in [5, 5.41) is 3.56. The molecule has 134 valence electrons. The van der Waals surface area contributed by atoms with Gasteiger partial charge in [-0.3, -0.25) is 9.69 Å². The molecule has 25 heavy (non-hydrogen) atoms. The van der Waals surface area contributed by atoms with Gasteiger partial charge in [-0.2, -0.15) is 0 Å². The lowest BCUT2D eigenvalue weighted by Crippen LogP contribution is -2.52. The van der Waals surface area contributed by atoms with Crippen molar-refractivity contribution in [2.45, 2.75) is 20.4 Å². The molecule has 0 atom stereocenters. The van der Waals surface area contributed by atoms with Crippen LogP contribution in [0.25, 0.3) is 10.9 Å². The van der Waals surface area contributed by atoms with Gasteiger partial charge in [0.1, 0.15) is 5.82 Å². The van der Waals surface area contributed by atoms with Crippen molar-refractivity contribution in [2.24, 2.45) is 5.92 Å². The Morgan fingerprint density at radius 1 is 1.24 bits per heavy atom. The monoisotopic (exact) mass is 343 g/mol. The molecule has 7 nitrogen and oxygen atoms in total. The van der Waals surface area contributed by atoms with Crippen molar-refractivity contribution >= 4 is 16.9 Å². The van der Waals surface area contributed by atoms with Crippen LogP contribution in [0.15, 0.2) is 29.1 Å². The number of rotatable bonds is 4. The number of fused-ring (bicyclic) bond motifs is 1. The smallest absolute Gasteiger partial charge is 0.317 e. The molecule has 1 aromatic carbocycles. The van der Waals surface area contributed by atoms with Crippen molar-refractivity contribution in [3.8, 4) is 0 Å². The molecule has 0 saturated carbocycles. The predicted octanol–water partition coefficient (Wildman–Crippen LogP) is 1.41. The van der Waals surface area contributed by atoms with Crippen LogP contribution in [-0.2, 0) is 6.54 Å². The number of aromatic nitrogens is 2. The number of urea groups is 1. The predicted molar refractivity (Wildman–Crippen MR) is 97.5 cm³/mol. The van der Waals surface area contributed by atoms with Crippen LogP contribution >= 0.6 is 0 Å². The fourth-order valence-electron chi connectivity index (χ4n) is 2.93. The zero-order chi connectivity index (χ0) is 17.8. The molecule has 2 heterocycles. The lowest BCUT2D eigenvalue weighted by Gasteiger charge is -2.34. The summed E-state index contributed by atoms with van der Waals surface area (Å²) >= 11 is 0. The van der Waals surface area contributed by atoms with Gasteiger partial charge in [0.15, 0.2) is 0 Å². The van der Waals surface area contributed by atoms with E-state index >= 15 is 0 Å². The van der Waals surface area contributed by atoms with Gasteiger partial charge < -0.3 is 15.2 Å². The summed E-state index contributed by atoms with van der Waals surface area (Å²) in [6.45, 7) is 8.34. The quantitative estimate of drug-likeness (QED) is 0.879. The summed E-state index contributed by atoms with van der Waals surface area (Å²) in [7, 11) is 0. The maximum Gasteiger partial charge on any atom is 0.317 e. The molecule has 1 fully saturated rings. The number of amides is 2. The second-order valence-electron chi connectivity index (χ2n) is 6.87. The number of aromatic amines is 1. The van der Waals surface area contributed by atoms with E-state index in [1.54, 1.807) is 6.07 Å². The Morgan fingerprint density at radius 3 is 2.68 bits per heavy atom. The largest absolute Gasteiger partial charge is 0.338 e. The number of carbonyl (C=O) groups is 1. The van der Waals surface area contributed by atoms with Crippen LogP contribution in [0.5, 0.6) is 0 Å². The standard InChI is InChI=1S/C18H25N5O2/c1-13(2)11-19-18(25)23-9-7-22(8-10-23)12-16-20-15-6-4-3-5-14(15)17(24)21-16/h3-6,13H,7-12H2,1-2H3,(H,19,25)(H,20,21,24). The van der Waals surface area contributed by atoms with Crippen LogP contribution in [0, 0.1) is 5.92 Å². The number of piperazine rings is 1. The maximum absolute atomic E-state index is 12.1. The van der Waals surface area contributed by atoms with Crippen LogP contribution in [0.2, 0.25) is 0 Å². The molecule has 0 spiro atoms. The Morgan fingerprint density at radius 2 is 1.96 bits per heavy atom. The minimum atomic E-state index is -0.104. The molecule has 1 aromatic heterocycles. The minimum Gasteiger partial charge on any atom is -0.338 e. The van der Waals surface area contributed by atoms with Crippen molar-refractivity contribution < 1.29 is 4.79 Å². The molecule has 2 amide bonds. The first-order chi connectivity index (χ1) is 12.0. The highest BCUT2D eigenvalue weighted by Crippen LogP contribution is 2.09. The fourth-order valence-corrected chi connectivity index (χ4v) is 2.93. The molecule has 2 aromatic rings. The maximum atomic E-state index is 12.1. The third-order valence-electron chi connectivity index (χ3n) is 4.36. The van der Waals surface area contributed by atoms with Crippen molar-refractivity contribution in [3.05, 3.63) is 40.4 Å². The van der Waals surface area contributed by atoms with E-state index in [-0.39, 0.29) is 11.6 Å². The third-order valence-corrected chi connectivity index (χ3v) is 4.36. The minimum absolute atomic E-state index is 0.00517. The highest BCUT2D eigenvalue weighted by Gasteiger charge is 2.21. The third kappa shape index (κ3) is 4.36. The molecule has 1 aliphatic heterocycles. The highest BCUT2D eigenvalue weighted by molar-refractivity contribution is 5.77. The molecule has 0 radical (unpaired) electrons. The van der Waals surface area contributed by atoms with E-state index < -0.39 is 0 Å². The SMILES string of the molecule is CC(C)CNC(=O)N1CCN(Cc2nc3ccccc3c(=O)[nH]2)CC1. The van der Waals surface area contributed by atoms with Gasteiger partial charge in [-0.05, 0) is 18.1 Å². The van der Waals surface area contributed by atoms with E-state index in [2.05, 4.69) is 34.0 Å². The zero-order valence-electron chi connectivity index (χ0n) is 14.8. The molecule has 1 saturated heterocycles. The second kappa shape index (κ2) is 7.65. The van der Waals surface area contributed by atoms with Gasteiger partial charge in [0.05, 0.1) is 17.4 Å². The topological polar surface area (TPSA) is 81.3 Å². The van der Waals surface area contributed by atoms with E-state index in [4.69, 9.17) is 0 Å². The van der Waals surface area contributed by atoms with Gasteiger partial charge >= 0.3 is 6.03 Å². The number of carbonyl (C=O) groups excluding carboxylic acids is 1. The average molecular weight is 343 g/mol. The van der Waals surface area contributed by atoms with E-state index in [0.717, 1.165) is 13.1 Å². The number of para-hydroxylation sites is 1. The van der Waals surface area contributed by atoms with E-state index in [1.165, 1.54) is 0 Å². The molecule has 0 aliphatic carbocycles. The van der Waals surface area contributed by atoms with Crippen molar-refractivity contribution in [1.29, 1.82) is 0 Å². The molecule has 7 heteroatoms. The van der Waals surface area contributed by atoms with E-state index in [0.29, 0.717) is 48.8 Å². The van der Waals surface area contributed by atoms with Gasteiger partial charge in [0.25, 0.3) is 5.56 Å². The molecule has 2 N–H and O–H groups in total. The van der Waals surface area contributed by atoms with Crippen LogP contribution in [0.3, 0.4) is 0 Å². The fraction of sp³-hybridized carbons (Fsp3) is 0.500. The van der Waals surface area contributed by atoms with Crippen molar-refractivity contribution in [2.75, 3.05) is 32.7 Å².